The number of halogens is 1. The molecule has 0 atom stereocenters. The molecule has 5 heteroatoms. The second-order valence-corrected chi connectivity index (χ2v) is 4.31. The van der Waals surface area contributed by atoms with Crippen LogP contribution in [0.5, 0.6) is 5.75 Å². The van der Waals surface area contributed by atoms with E-state index in [2.05, 4.69) is 6.92 Å². The molecule has 0 amide bonds. The number of carbonyl (C=O) groups excluding carboxylic acids is 1. The molecule has 0 spiro atoms. The maximum atomic E-state index is 11.4. The van der Waals surface area contributed by atoms with E-state index in [1.807, 2.05) is 0 Å². The number of esters is 1. The van der Waals surface area contributed by atoms with Gasteiger partial charge in [-0.1, -0.05) is 37.1 Å². The summed E-state index contributed by atoms with van der Waals surface area (Å²) in [5.41, 5.74) is 0. The first kappa shape index (κ1) is 15.8. The third-order valence-corrected chi connectivity index (χ3v) is 2.63. The highest BCUT2D eigenvalue weighted by Crippen LogP contribution is 2.22. The number of unbranched alkanes of at least 4 members (excludes halogenated alkanes) is 1. The molecule has 0 bridgehead atoms. The number of benzene rings is 1. The molecule has 0 unspecified atom stereocenters. The summed E-state index contributed by atoms with van der Waals surface area (Å²) in [5.74, 6) is 0.0410. The van der Waals surface area contributed by atoms with Gasteiger partial charge in [0.1, 0.15) is 12.4 Å². The summed E-state index contributed by atoms with van der Waals surface area (Å²) in [5, 5.41) is 0.471. The first-order valence-electron chi connectivity index (χ1n) is 6.34. The third kappa shape index (κ3) is 7.03. The SMILES string of the molecule is CCCCOCCOC(=O)COc1ccccc1Cl. The Labute approximate surface area is 118 Å². The molecule has 0 aromatic heterocycles. The van der Waals surface area contributed by atoms with Crippen LogP contribution in [0.3, 0.4) is 0 Å². The van der Waals surface area contributed by atoms with Crippen molar-refractivity contribution < 1.29 is 19.0 Å². The van der Waals surface area contributed by atoms with Gasteiger partial charge in [-0.25, -0.2) is 4.79 Å². The van der Waals surface area contributed by atoms with Crippen LogP contribution in [0.2, 0.25) is 5.02 Å². The van der Waals surface area contributed by atoms with Gasteiger partial charge in [-0.2, -0.15) is 0 Å². The van der Waals surface area contributed by atoms with Crippen molar-refractivity contribution in [3.8, 4) is 5.75 Å². The fraction of sp³-hybridized carbons (Fsp3) is 0.500. The van der Waals surface area contributed by atoms with Crippen molar-refractivity contribution >= 4 is 17.6 Å². The van der Waals surface area contributed by atoms with E-state index in [4.69, 9.17) is 25.8 Å². The number of ether oxygens (including phenoxy) is 3. The van der Waals surface area contributed by atoms with E-state index < -0.39 is 5.97 Å². The van der Waals surface area contributed by atoms with Crippen LogP contribution in [0.4, 0.5) is 0 Å². The van der Waals surface area contributed by atoms with Crippen molar-refractivity contribution in [1.82, 2.24) is 0 Å². The van der Waals surface area contributed by atoms with Gasteiger partial charge in [-0.3, -0.25) is 0 Å². The molecule has 19 heavy (non-hydrogen) atoms. The summed E-state index contributed by atoms with van der Waals surface area (Å²) >= 11 is 5.89. The van der Waals surface area contributed by atoms with Gasteiger partial charge in [-0.05, 0) is 18.6 Å². The highest BCUT2D eigenvalue weighted by atomic mass is 35.5. The second kappa shape index (κ2) is 9.64. The summed E-state index contributed by atoms with van der Waals surface area (Å²) in [4.78, 5) is 11.4. The number of rotatable bonds is 9. The van der Waals surface area contributed by atoms with Crippen LogP contribution in [0.25, 0.3) is 0 Å². The summed E-state index contributed by atoms with van der Waals surface area (Å²) in [6.45, 7) is 3.30. The molecule has 106 valence electrons. The van der Waals surface area contributed by atoms with Crippen molar-refractivity contribution in [2.75, 3.05) is 26.4 Å². The lowest BCUT2D eigenvalue weighted by Crippen LogP contribution is -2.17. The van der Waals surface area contributed by atoms with Gasteiger partial charge in [0, 0.05) is 6.61 Å². The van der Waals surface area contributed by atoms with Crippen molar-refractivity contribution in [2.45, 2.75) is 19.8 Å². The van der Waals surface area contributed by atoms with E-state index in [0.717, 1.165) is 12.8 Å². The molecular formula is C14H19ClO4. The van der Waals surface area contributed by atoms with Gasteiger partial charge in [0.15, 0.2) is 6.61 Å². The van der Waals surface area contributed by atoms with Crippen molar-refractivity contribution in [2.24, 2.45) is 0 Å². The average molecular weight is 287 g/mol. The molecular weight excluding hydrogens is 268 g/mol. The Kier molecular flexibility index (Phi) is 8.02. The monoisotopic (exact) mass is 286 g/mol. The number of para-hydroxylation sites is 1. The average Bonchev–Trinajstić information content (AvgIpc) is 2.42. The summed E-state index contributed by atoms with van der Waals surface area (Å²) in [7, 11) is 0. The minimum atomic E-state index is -0.431. The van der Waals surface area contributed by atoms with Crippen LogP contribution in [-0.2, 0) is 14.3 Å². The van der Waals surface area contributed by atoms with E-state index in [1.54, 1.807) is 24.3 Å². The fourth-order valence-electron chi connectivity index (χ4n) is 1.30. The maximum Gasteiger partial charge on any atom is 0.344 e. The lowest BCUT2D eigenvalue weighted by molar-refractivity contribution is -0.147. The Hall–Kier alpha value is -1.26. The summed E-state index contributed by atoms with van der Waals surface area (Å²) < 4.78 is 15.5. The number of hydrogen-bond acceptors (Lipinski definition) is 4. The quantitative estimate of drug-likeness (QED) is 0.517. The van der Waals surface area contributed by atoms with Gasteiger partial charge >= 0.3 is 5.97 Å². The molecule has 0 N–H and O–H groups in total. The molecule has 0 saturated heterocycles. The normalized spacial score (nSPS) is 10.2. The van der Waals surface area contributed by atoms with E-state index in [1.165, 1.54) is 0 Å². The first-order chi connectivity index (χ1) is 9.24. The predicted octanol–water partition coefficient (Wildman–Crippen LogP) is 3.08. The van der Waals surface area contributed by atoms with Crippen LogP contribution < -0.4 is 4.74 Å². The van der Waals surface area contributed by atoms with Gasteiger partial charge in [0.25, 0.3) is 0 Å². The predicted molar refractivity (Wildman–Crippen MR) is 73.6 cm³/mol. The molecule has 0 aliphatic rings. The van der Waals surface area contributed by atoms with Gasteiger partial charge < -0.3 is 14.2 Å². The number of carbonyl (C=O) groups is 1. The van der Waals surface area contributed by atoms with Crippen LogP contribution >= 0.6 is 11.6 Å². The Bertz CT molecular complexity index is 381. The molecule has 0 radical (unpaired) electrons. The lowest BCUT2D eigenvalue weighted by atomic mass is 10.3. The lowest BCUT2D eigenvalue weighted by Gasteiger charge is -2.08. The molecule has 0 fully saturated rings. The minimum Gasteiger partial charge on any atom is -0.480 e. The molecule has 4 nitrogen and oxygen atoms in total. The van der Waals surface area contributed by atoms with E-state index >= 15 is 0 Å². The van der Waals surface area contributed by atoms with Crippen molar-refractivity contribution in [3.63, 3.8) is 0 Å². The Morgan fingerprint density at radius 3 is 2.74 bits per heavy atom. The van der Waals surface area contributed by atoms with Crippen LogP contribution in [0.1, 0.15) is 19.8 Å². The second-order valence-electron chi connectivity index (χ2n) is 3.91. The van der Waals surface area contributed by atoms with E-state index in [-0.39, 0.29) is 13.2 Å². The Balaban J connectivity index is 2.10. The highest BCUT2D eigenvalue weighted by molar-refractivity contribution is 6.32. The van der Waals surface area contributed by atoms with Gasteiger partial charge in [0.2, 0.25) is 0 Å². The highest BCUT2D eigenvalue weighted by Gasteiger charge is 2.06. The molecule has 1 aromatic rings. The topological polar surface area (TPSA) is 44.8 Å². The van der Waals surface area contributed by atoms with E-state index in [9.17, 15) is 4.79 Å². The Morgan fingerprint density at radius 1 is 1.21 bits per heavy atom. The maximum absolute atomic E-state index is 11.4. The molecule has 0 aliphatic carbocycles. The van der Waals surface area contributed by atoms with Crippen LogP contribution in [-0.4, -0.2) is 32.4 Å². The molecule has 0 heterocycles. The van der Waals surface area contributed by atoms with Gasteiger partial charge in [0.05, 0.1) is 11.6 Å². The zero-order chi connectivity index (χ0) is 13.9. The zero-order valence-corrected chi connectivity index (χ0v) is 11.8. The summed E-state index contributed by atoms with van der Waals surface area (Å²) in [6.07, 6.45) is 2.11. The third-order valence-electron chi connectivity index (χ3n) is 2.32. The van der Waals surface area contributed by atoms with Crippen molar-refractivity contribution in [3.05, 3.63) is 29.3 Å². The molecule has 1 rings (SSSR count). The van der Waals surface area contributed by atoms with Crippen molar-refractivity contribution in [1.29, 1.82) is 0 Å². The first-order valence-corrected chi connectivity index (χ1v) is 6.72. The molecule has 0 aliphatic heterocycles. The Morgan fingerprint density at radius 2 is 2.00 bits per heavy atom. The zero-order valence-electron chi connectivity index (χ0n) is 11.1. The van der Waals surface area contributed by atoms with Gasteiger partial charge in [-0.15, -0.1) is 0 Å². The minimum absolute atomic E-state index is 0.154. The van der Waals surface area contributed by atoms with Crippen LogP contribution in [0.15, 0.2) is 24.3 Å². The molecule has 1 aromatic carbocycles. The van der Waals surface area contributed by atoms with Crippen LogP contribution in [0, 0.1) is 0 Å². The fourth-order valence-corrected chi connectivity index (χ4v) is 1.49. The standard InChI is InChI=1S/C14H19ClO4/c1-2-3-8-17-9-10-18-14(16)11-19-13-7-5-4-6-12(13)15/h4-7H,2-3,8-11H2,1H3. The smallest absolute Gasteiger partial charge is 0.344 e. The largest absolute Gasteiger partial charge is 0.480 e. The number of hydrogen-bond donors (Lipinski definition) is 0. The van der Waals surface area contributed by atoms with E-state index in [0.29, 0.717) is 24.0 Å². The molecule has 0 saturated carbocycles. The summed E-state index contributed by atoms with van der Waals surface area (Å²) in [6, 6.07) is 6.97.